The number of benzene rings is 1. The second-order valence-electron chi connectivity index (χ2n) is 4.05. The molecule has 0 unspecified atom stereocenters. The maximum Gasteiger partial charge on any atom is 0.335 e. The highest BCUT2D eigenvalue weighted by atomic mass is 32.2. The first-order valence-corrected chi connectivity index (χ1v) is 7.50. The van der Waals surface area contributed by atoms with E-state index in [2.05, 4.69) is 10.0 Å². The lowest BCUT2D eigenvalue weighted by Crippen LogP contribution is -2.24. The minimum Gasteiger partial charge on any atom is -0.478 e. The van der Waals surface area contributed by atoms with Crippen molar-refractivity contribution >= 4 is 27.4 Å². The third-order valence-corrected chi connectivity index (χ3v) is 3.06. The fourth-order valence-corrected chi connectivity index (χ4v) is 1.94. The number of sulfonamides is 1. The number of carboxylic acid groups (broad SMARTS) is 1. The number of rotatable bonds is 7. The fourth-order valence-electron chi connectivity index (χ4n) is 1.43. The largest absolute Gasteiger partial charge is 0.478 e. The molecule has 1 aromatic rings. The lowest BCUT2D eigenvalue weighted by Gasteiger charge is -2.10. The lowest BCUT2D eigenvalue weighted by molar-refractivity contribution is 0.0697. The molecule has 0 aromatic heterocycles. The molecule has 5 N–H and O–H groups in total. The third kappa shape index (κ3) is 5.58. The van der Waals surface area contributed by atoms with E-state index in [9.17, 15) is 13.2 Å². The minimum atomic E-state index is -3.16. The summed E-state index contributed by atoms with van der Waals surface area (Å²) in [6.45, 7) is 0.859. The van der Waals surface area contributed by atoms with Crippen molar-refractivity contribution in [3.8, 4) is 0 Å². The maximum atomic E-state index is 10.8. The molecule has 7 nitrogen and oxygen atoms in total. The average molecular weight is 287 g/mol. The molecule has 0 spiro atoms. The molecule has 106 valence electrons. The molecule has 0 bridgehead atoms. The molecule has 0 aliphatic rings. The van der Waals surface area contributed by atoms with Crippen LogP contribution in [0.4, 0.5) is 11.4 Å². The number of carbonyl (C=O) groups is 1. The van der Waals surface area contributed by atoms with Crippen LogP contribution in [0.5, 0.6) is 0 Å². The predicted molar refractivity (Wildman–Crippen MR) is 73.8 cm³/mol. The summed E-state index contributed by atoms with van der Waals surface area (Å²) in [5.74, 6) is -1.03. The highest BCUT2D eigenvalue weighted by molar-refractivity contribution is 7.88. The average Bonchev–Trinajstić information content (AvgIpc) is 2.28. The number of aromatic carboxylic acids is 1. The summed E-state index contributed by atoms with van der Waals surface area (Å²) in [5, 5.41) is 11.8. The number of nitrogens with one attached hydrogen (secondary N) is 2. The van der Waals surface area contributed by atoms with Gasteiger partial charge in [0.2, 0.25) is 10.0 Å². The van der Waals surface area contributed by atoms with E-state index in [4.69, 9.17) is 10.8 Å². The molecule has 1 aromatic carbocycles. The van der Waals surface area contributed by atoms with Gasteiger partial charge in [0.25, 0.3) is 0 Å². The van der Waals surface area contributed by atoms with Gasteiger partial charge in [0.05, 0.1) is 23.2 Å². The van der Waals surface area contributed by atoms with Crippen LogP contribution >= 0.6 is 0 Å². The van der Waals surface area contributed by atoms with Gasteiger partial charge in [-0.3, -0.25) is 0 Å². The first-order chi connectivity index (χ1) is 8.79. The summed E-state index contributed by atoms with van der Waals surface area (Å²) >= 11 is 0. The van der Waals surface area contributed by atoms with Gasteiger partial charge < -0.3 is 16.2 Å². The lowest BCUT2D eigenvalue weighted by atomic mass is 10.1. The van der Waals surface area contributed by atoms with Crippen LogP contribution in [-0.4, -0.2) is 38.8 Å². The van der Waals surface area contributed by atoms with Crippen LogP contribution in [0.25, 0.3) is 0 Å². The Hall–Kier alpha value is -1.80. The van der Waals surface area contributed by atoms with E-state index in [-0.39, 0.29) is 5.56 Å². The van der Waals surface area contributed by atoms with E-state index in [1.165, 1.54) is 12.1 Å². The smallest absolute Gasteiger partial charge is 0.335 e. The molecular formula is C11H17N3O4S. The Kier molecular flexibility index (Phi) is 5.13. The van der Waals surface area contributed by atoms with Gasteiger partial charge in [0.15, 0.2) is 0 Å². The van der Waals surface area contributed by atoms with Crippen molar-refractivity contribution in [1.29, 1.82) is 0 Å². The summed E-state index contributed by atoms with van der Waals surface area (Å²) in [5.41, 5.74) is 6.80. The standard InChI is InChI=1S/C11H17N3O4S/c1-19(17,18)14-6-2-5-13-10-4-3-8(11(15)16)7-9(10)12/h3-4,7,13-14H,2,5-6,12H2,1H3,(H,15,16). The SMILES string of the molecule is CS(=O)(=O)NCCCNc1ccc(C(=O)O)cc1N. The molecule has 1 rings (SSSR count). The van der Waals surface area contributed by atoms with Crippen LogP contribution in [0, 0.1) is 0 Å². The number of hydrogen-bond donors (Lipinski definition) is 4. The highest BCUT2D eigenvalue weighted by Crippen LogP contribution is 2.19. The van der Waals surface area contributed by atoms with Gasteiger partial charge in [0.1, 0.15) is 0 Å². The van der Waals surface area contributed by atoms with Gasteiger partial charge in [0, 0.05) is 13.1 Å². The molecule has 8 heteroatoms. The predicted octanol–water partition coefficient (Wildman–Crippen LogP) is 0.318. The summed E-state index contributed by atoms with van der Waals surface area (Å²) in [7, 11) is -3.16. The Morgan fingerprint density at radius 1 is 1.37 bits per heavy atom. The highest BCUT2D eigenvalue weighted by Gasteiger charge is 2.06. The molecule has 0 atom stereocenters. The van der Waals surface area contributed by atoms with Crippen molar-refractivity contribution in [3.63, 3.8) is 0 Å². The molecule has 0 heterocycles. The van der Waals surface area contributed by atoms with Crippen LogP contribution in [0.2, 0.25) is 0 Å². The van der Waals surface area contributed by atoms with Crippen LogP contribution in [0.1, 0.15) is 16.8 Å². The Balaban J connectivity index is 2.44. The topological polar surface area (TPSA) is 122 Å². The van der Waals surface area contributed by atoms with Crippen LogP contribution in [-0.2, 0) is 10.0 Å². The van der Waals surface area contributed by atoms with E-state index < -0.39 is 16.0 Å². The molecule has 0 saturated heterocycles. The number of nitrogen functional groups attached to an aromatic ring is 1. The van der Waals surface area contributed by atoms with Crippen LogP contribution < -0.4 is 15.8 Å². The van der Waals surface area contributed by atoms with Crippen molar-refractivity contribution in [3.05, 3.63) is 23.8 Å². The normalized spacial score (nSPS) is 11.2. The van der Waals surface area contributed by atoms with Gasteiger partial charge in [-0.05, 0) is 24.6 Å². The van der Waals surface area contributed by atoms with E-state index in [0.717, 1.165) is 6.26 Å². The fraction of sp³-hybridized carbons (Fsp3) is 0.364. The van der Waals surface area contributed by atoms with Gasteiger partial charge in [-0.15, -0.1) is 0 Å². The van der Waals surface area contributed by atoms with Crippen molar-refractivity contribution < 1.29 is 18.3 Å². The molecule has 0 fully saturated rings. The summed E-state index contributed by atoms with van der Waals surface area (Å²) < 4.78 is 24.0. The Morgan fingerprint density at radius 3 is 2.58 bits per heavy atom. The van der Waals surface area contributed by atoms with Crippen molar-refractivity contribution in [2.24, 2.45) is 0 Å². The number of carboxylic acids is 1. The monoisotopic (exact) mass is 287 g/mol. The Morgan fingerprint density at radius 2 is 2.05 bits per heavy atom. The molecule has 0 amide bonds. The van der Waals surface area contributed by atoms with Crippen molar-refractivity contribution in [1.82, 2.24) is 4.72 Å². The molecule has 0 aliphatic carbocycles. The van der Waals surface area contributed by atoms with Crippen LogP contribution in [0.3, 0.4) is 0 Å². The summed E-state index contributed by atoms with van der Waals surface area (Å²) in [6.07, 6.45) is 1.69. The van der Waals surface area contributed by atoms with Crippen molar-refractivity contribution in [2.45, 2.75) is 6.42 Å². The molecular weight excluding hydrogens is 270 g/mol. The quantitative estimate of drug-likeness (QED) is 0.423. The zero-order valence-corrected chi connectivity index (χ0v) is 11.3. The number of anilines is 2. The first-order valence-electron chi connectivity index (χ1n) is 5.61. The van der Waals surface area contributed by atoms with E-state index in [0.29, 0.717) is 30.9 Å². The van der Waals surface area contributed by atoms with E-state index in [1.807, 2.05) is 0 Å². The maximum absolute atomic E-state index is 10.8. The Labute approximate surface area is 111 Å². The van der Waals surface area contributed by atoms with E-state index in [1.54, 1.807) is 6.07 Å². The molecule has 0 radical (unpaired) electrons. The minimum absolute atomic E-state index is 0.127. The first kappa shape index (κ1) is 15.3. The van der Waals surface area contributed by atoms with E-state index >= 15 is 0 Å². The molecule has 19 heavy (non-hydrogen) atoms. The Bertz CT molecular complexity index is 557. The number of nitrogens with two attached hydrogens (primary N) is 1. The summed E-state index contributed by atoms with van der Waals surface area (Å²) in [4.78, 5) is 10.7. The van der Waals surface area contributed by atoms with Gasteiger partial charge in [-0.2, -0.15) is 0 Å². The second-order valence-corrected chi connectivity index (χ2v) is 5.89. The number of hydrogen-bond acceptors (Lipinski definition) is 5. The zero-order valence-electron chi connectivity index (χ0n) is 10.5. The molecule has 0 saturated carbocycles. The summed E-state index contributed by atoms with van der Waals surface area (Å²) in [6, 6.07) is 4.41. The van der Waals surface area contributed by atoms with Gasteiger partial charge >= 0.3 is 5.97 Å². The zero-order chi connectivity index (χ0) is 14.5. The third-order valence-electron chi connectivity index (χ3n) is 2.33. The second kappa shape index (κ2) is 6.39. The van der Waals surface area contributed by atoms with Crippen LogP contribution in [0.15, 0.2) is 18.2 Å². The molecule has 0 aliphatic heterocycles. The van der Waals surface area contributed by atoms with Gasteiger partial charge in [-0.25, -0.2) is 17.9 Å². The van der Waals surface area contributed by atoms with Gasteiger partial charge in [-0.1, -0.05) is 0 Å². The van der Waals surface area contributed by atoms with Crippen molar-refractivity contribution in [2.75, 3.05) is 30.4 Å².